The number of rotatable bonds is 9. The number of nitrogens with two attached hydrogens (primary N) is 1. The molecule has 31 heavy (non-hydrogen) atoms. The van der Waals surface area contributed by atoms with Gasteiger partial charge in [0.1, 0.15) is 11.3 Å². The molecule has 0 saturated heterocycles. The van der Waals surface area contributed by atoms with Crippen molar-refractivity contribution in [3.05, 3.63) is 59.4 Å². The number of halogens is 3. The first kappa shape index (κ1) is 23.2. The molecule has 0 radical (unpaired) electrons. The fraction of sp³-hybridized carbons (Fsp3) is 0.158. The second-order valence-corrected chi connectivity index (χ2v) is 5.88. The summed E-state index contributed by atoms with van der Waals surface area (Å²) in [4.78, 5) is 46.4. The Morgan fingerprint density at radius 1 is 0.903 bits per heavy atom. The number of nitrogens with one attached hydrogen (secondary N) is 2. The SMILES string of the molecule is NC(=O)COc1ccccc1C(=O)OCC(=O)NCC(=O)Nc1ccc(F)c(F)c1F. The Morgan fingerprint density at radius 3 is 2.32 bits per heavy atom. The van der Waals surface area contributed by atoms with Crippen molar-refractivity contribution >= 4 is 29.4 Å². The number of carbonyl (C=O) groups excluding carboxylic acids is 4. The minimum atomic E-state index is -1.76. The van der Waals surface area contributed by atoms with Crippen molar-refractivity contribution in [3.8, 4) is 5.75 Å². The van der Waals surface area contributed by atoms with Gasteiger partial charge in [0.2, 0.25) is 5.91 Å². The molecule has 0 unspecified atom stereocenters. The maximum absolute atomic E-state index is 13.5. The number of primary amides is 1. The van der Waals surface area contributed by atoms with Crippen molar-refractivity contribution in [1.29, 1.82) is 0 Å². The van der Waals surface area contributed by atoms with Gasteiger partial charge in [0.15, 0.2) is 30.7 Å². The van der Waals surface area contributed by atoms with E-state index in [9.17, 15) is 32.3 Å². The quantitative estimate of drug-likeness (QED) is 0.392. The third-order valence-corrected chi connectivity index (χ3v) is 3.57. The monoisotopic (exact) mass is 439 g/mol. The number of ether oxygens (including phenoxy) is 2. The molecule has 2 aromatic rings. The van der Waals surface area contributed by atoms with Crippen LogP contribution >= 0.6 is 0 Å². The first-order chi connectivity index (χ1) is 14.7. The number of amides is 3. The van der Waals surface area contributed by atoms with Gasteiger partial charge in [-0.2, -0.15) is 0 Å². The minimum absolute atomic E-state index is 0.0136. The van der Waals surface area contributed by atoms with Gasteiger partial charge >= 0.3 is 5.97 Å². The Labute approximate surface area is 173 Å². The molecule has 9 nitrogen and oxygen atoms in total. The number of anilines is 1. The molecule has 0 aliphatic heterocycles. The molecule has 0 aliphatic carbocycles. The minimum Gasteiger partial charge on any atom is -0.483 e. The molecule has 4 N–H and O–H groups in total. The Morgan fingerprint density at radius 2 is 1.61 bits per heavy atom. The van der Waals surface area contributed by atoms with Gasteiger partial charge in [0, 0.05) is 0 Å². The molecule has 0 bridgehead atoms. The molecule has 0 aromatic heterocycles. The molecule has 2 aromatic carbocycles. The fourth-order valence-corrected chi connectivity index (χ4v) is 2.17. The average molecular weight is 439 g/mol. The first-order valence-corrected chi connectivity index (χ1v) is 8.56. The van der Waals surface area contributed by atoms with Crippen LogP contribution in [0.1, 0.15) is 10.4 Å². The van der Waals surface area contributed by atoms with Crippen LogP contribution in [0.5, 0.6) is 5.75 Å². The highest BCUT2D eigenvalue weighted by atomic mass is 19.2. The number of para-hydroxylation sites is 1. The largest absolute Gasteiger partial charge is 0.483 e. The van der Waals surface area contributed by atoms with E-state index in [0.29, 0.717) is 6.07 Å². The summed E-state index contributed by atoms with van der Waals surface area (Å²) in [5.74, 6) is -8.27. The predicted molar refractivity (Wildman–Crippen MR) is 99.4 cm³/mol. The zero-order valence-electron chi connectivity index (χ0n) is 15.7. The van der Waals surface area contributed by atoms with E-state index in [-0.39, 0.29) is 11.3 Å². The maximum atomic E-state index is 13.5. The van der Waals surface area contributed by atoms with E-state index >= 15 is 0 Å². The Hall–Kier alpha value is -4.09. The average Bonchev–Trinajstić information content (AvgIpc) is 2.75. The number of carbonyl (C=O) groups is 4. The molecule has 0 heterocycles. The van der Waals surface area contributed by atoms with E-state index in [1.807, 2.05) is 5.32 Å². The van der Waals surface area contributed by atoms with E-state index in [2.05, 4.69) is 5.32 Å². The molecular weight excluding hydrogens is 423 g/mol. The van der Waals surface area contributed by atoms with Gasteiger partial charge in [-0.25, -0.2) is 18.0 Å². The van der Waals surface area contributed by atoms with Crippen LogP contribution in [0, 0.1) is 17.5 Å². The third-order valence-electron chi connectivity index (χ3n) is 3.57. The van der Waals surface area contributed by atoms with Crippen molar-refractivity contribution in [3.63, 3.8) is 0 Å². The van der Waals surface area contributed by atoms with Gasteiger partial charge in [-0.3, -0.25) is 14.4 Å². The lowest BCUT2D eigenvalue weighted by Crippen LogP contribution is -2.35. The molecule has 3 amide bonds. The highest BCUT2D eigenvalue weighted by Crippen LogP contribution is 2.20. The highest BCUT2D eigenvalue weighted by molar-refractivity contribution is 5.96. The molecule has 0 saturated carbocycles. The molecule has 0 fully saturated rings. The van der Waals surface area contributed by atoms with Crippen molar-refractivity contribution in [2.24, 2.45) is 5.73 Å². The van der Waals surface area contributed by atoms with Crippen molar-refractivity contribution in [1.82, 2.24) is 5.32 Å². The zero-order valence-corrected chi connectivity index (χ0v) is 15.7. The van der Waals surface area contributed by atoms with Crippen LogP contribution in [-0.2, 0) is 19.1 Å². The summed E-state index contributed by atoms with van der Waals surface area (Å²) >= 11 is 0. The Bertz CT molecular complexity index is 1020. The van der Waals surface area contributed by atoms with Crippen molar-refractivity contribution < 1.29 is 41.8 Å². The lowest BCUT2D eigenvalue weighted by Gasteiger charge is -2.11. The first-order valence-electron chi connectivity index (χ1n) is 8.56. The van der Waals surface area contributed by atoms with E-state index in [1.165, 1.54) is 24.3 Å². The van der Waals surface area contributed by atoms with Gasteiger partial charge in [0.25, 0.3) is 11.8 Å². The van der Waals surface area contributed by atoms with Gasteiger partial charge in [0.05, 0.1) is 12.2 Å². The molecular formula is C19H16F3N3O6. The van der Waals surface area contributed by atoms with Crippen LogP contribution in [0.3, 0.4) is 0 Å². The van der Waals surface area contributed by atoms with E-state index in [1.54, 1.807) is 0 Å². The molecule has 164 valence electrons. The molecule has 0 aliphatic rings. The molecule has 2 rings (SSSR count). The Balaban J connectivity index is 1.83. The summed E-state index contributed by atoms with van der Waals surface area (Å²) in [5.41, 5.74) is 4.29. The van der Waals surface area contributed by atoms with Gasteiger partial charge in [-0.15, -0.1) is 0 Å². The topological polar surface area (TPSA) is 137 Å². The third kappa shape index (κ3) is 6.73. The summed E-state index contributed by atoms with van der Waals surface area (Å²) < 4.78 is 49.4. The number of hydrogen-bond acceptors (Lipinski definition) is 6. The summed E-state index contributed by atoms with van der Waals surface area (Å²) in [5, 5.41) is 4.06. The second-order valence-electron chi connectivity index (χ2n) is 5.88. The lowest BCUT2D eigenvalue weighted by atomic mass is 10.2. The van der Waals surface area contributed by atoms with Crippen LogP contribution in [0.25, 0.3) is 0 Å². The van der Waals surface area contributed by atoms with Crippen LogP contribution < -0.4 is 21.1 Å². The Kier molecular flexibility index (Phi) is 7.94. The predicted octanol–water partition coefficient (Wildman–Crippen LogP) is 0.880. The fourth-order valence-electron chi connectivity index (χ4n) is 2.17. The standard InChI is InChI=1S/C19H16F3N3O6/c20-11-5-6-12(18(22)17(11)21)25-15(27)7-24-16(28)9-31-19(29)10-3-1-2-4-13(10)30-8-14(23)26/h1-6H,7-9H2,(H2,23,26)(H,24,28)(H,25,27). The van der Waals surface area contributed by atoms with Crippen molar-refractivity contribution in [2.45, 2.75) is 0 Å². The number of benzene rings is 2. The van der Waals surface area contributed by atoms with Crippen LogP contribution in [-0.4, -0.2) is 43.4 Å². The molecule has 0 atom stereocenters. The summed E-state index contributed by atoms with van der Waals surface area (Å²) in [6.45, 7) is -1.90. The normalized spacial score (nSPS) is 10.2. The number of esters is 1. The molecule has 12 heteroatoms. The number of hydrogen-bond donors (Lipinski definition) is 3. The lowest BCUT2D eigenvalue weighted by molar-refractivity contribution is -0.126. The van der Waals surface area contributed by atoms with E-state index in [0.717, 1.165) is 6.07 Å². The zero-order chi connectivity index (χ0) is 23.0. The van der Waals surface area contributed by atoms with Crippen LogP contribution in [0.4, 0.5) is 18.9 Å². The van der Waals surface area contributed by atoms with Gasteiger partial charge < -0.3 is 25.8 Å². The van der Waals surface area contributed by atoms with Crippen molar-refractivity contribution in [2.75, 3.05) is 25.1 Å². The van der Waals surface area contributed by atoms with Gasteiger partial charge in [-0.1, -0.05) is 12.1 Å². The highest BCUT2D eigenvalue weighted by Gasteiger charge is 2.17. The van der Waals surface area contributed by atoms with E-state index in [4.69, 9.17) is 15.2 Å². The summed E-state index contributed by atoms with van der Waals surface area (Å²) in [7, 11) is 0. The molecule has 0 spiro atoms. The van der Waals surface area contributed by atoms with Gasteiger partial charge in [-0.05, 0) is 24.3 Å². The van der Waals surface area contributed by atoms with E-state index < -0.39 is 66.6 Å². The van der Waals surface area contributed by atoms with Crippen LogP contribution in [0.15, 0.2) is 36.4 Å². The second kappa shape index (κ2) is 10.6. The summed E-state index contributed by atoms with van der Waals surface area (Å²) in [6.07, 6.45) is 0. The smallest absolute Gasteiger partial charge is 0.342 e. The van der Waals surface area contributed by atoms with Crippen LogP contribution in [0.2, 0.25) is 0 Å². The summed E-state index contributed by atoms with van der Waals surface area (Å²) in [6, 6.07) is 7.19. The maximum Gasteiger partial charge on any atom is 0.342 e.